The van der Waals surface area contributed by atoms with E-state index in [0.717, 1.165) is 6.08 Å². The molecule has 0 fully saturated rings. The van der Waals surface area contributed by atoms with E-state index in [1.807, 2.05) is 5.92 Å². The summed E-state index contributed by atoms with van der Waals surface area (Å²) in [6, 6.07) is 0. The van der Waals surface area contributed by atoms with Crippen molar-refractivity contribution < 1.29 is 19.8 Å². The molecule has 0 unspecified atom stereocenters. The summed E-state index contributed by atoms with van der Waals surface area (Å²) < 4.78 is 0. The quantitative estimate of drug-likeness (QED) is 0.447. The number of terminal acetylenes is 1. The Morgan fingerprint density at radius 1 is 1.55 bits per heavy atom. The molecule has 0 amide bonds. The van der Waals surface area contributed by atoms with Gasteiger partial charge in [0.15, 0.2) is 0 Å². The van der Waals surface area contributed by atoms with Gasteiger partial charge >= 0.3 is 11.9 Å². The first-order valence-corrected chi connectivity index (χ1v) is 2.55. The number of hydrogen-bond acceptors (Lipinski definition) is 2. The minimum absolute atomic E-state index is 0.181. The van der Waals surface area contributed by atoms with Crippen molar-refractivity contribution in [3.8, 4) is 12.3 Å². The van der Waals surface area contributed by atoms with Crippen molar-refractivity contribution >= 4 is 11.9 Å². The fraction of sp³-hybridized carbons (Fsp3) is 0.143. The van der Waals surface area contributed by atoms with Gasteiger partial charge in [0.05, 0.1) is 0 Å². The first-order chi connectivity index (χ1) is 5.04. The van der Waals surface area contributed by atoms with Crippen LogP contribution in [0.2, 0.25) is 0 Å². The van der Waals surface area contributed by atoms with Crippen molar-refractivity contribution in [2.75, 3.05) is 0 Å². The van der Waals surface area contributed by atoms with Crippen molar-refractivity contribution in [3.05, 3.63) is 12.7 Å². The van der Waals surface area contributed by atoms with Crippen molar-refractivity contribution in [2.24, 2.45) is 0 Å². The number of carboxylic acid groups (broad SMARTS) is 2. The van der Waals surface area contributed by atoms with E-state index in [0.29, 0.717) is 0 Å². The average Bonchev–Trinajstić information content (AvgIpc) is 1.89. The van der Waals surface area contributed by atoms with Crippen LogP contribution >= 0.6 is 0 Å². The van der Waals surface area contributed by atoms with Crippen LogP contribution in [-0.2, 0) is 9.59 Å². The van der Waals surface area contributed by atoms with Gasteiger partial charge in [-0.15, -0.1) is 6.42 Å². The second kappa shape index (κ2) is 8.24. The molecule has 0 aromatic rings. The summed E-state index contributed by atoms with van der Waals surface area (Å²) in [5.74, 6) is 0.0394. The van der Waals surface area contributed by atoms with E-state index < -0.39 is 11.9 Å². The second-order valence-corrected chi connectivity index (χ2v) is 1.32. The Kier molecular flexibility index (Phi) is 8.97. The van der Waals surface area contributed by atoms with Gasteiger partial charge < -0.3 is 10.2 Å². The van der Waals surface area contributed by atoms with Crippen molar-refractivity contribution in [2.45, 2.75) is 6.42 Å². The molecule has 0 radical (unpaired) electrons. The molecule has 60 valence electrons. The van der Waals surface area contributed by atoms with Crippen LogP contribution in [0.3, 0.4) is 0 Å². The Balaban J connectivity index is 0. The van der Waals surface area contributed by atoms with Crippen LogP contribution < -0.4 is 0 Å². The first-order valence-electron chi connectivity index (χ1n) is 2.55. The monoisotopic (exact) mass is 156 g/mol. The first kappa shape index (κ1) is 12.0. The van der Waals surface area contributed by atoms with E-state index in [1.165, 1.54) is 0 Å². The van der Waals surface area contributed by atoms with Gasteiger partial charge in [-0.2, -0.15) is 0 Å². The van der Waals surface area contributed by atoms with E-state index in [4.69, 9.17) is 10.2 Å². The maximum absolute atomic E-state index is 9.46. The highest BCUT2D eigenvalue weighted by atomic mass is 16.4. The zero-order chi connectivity index (χ0) is 9.28. The summed E-state index contributed by atoms with van der Waals surface area (Å²) in [6.07, 6.45) is 5.25. The van der Waals surface area contributed by atoms with Gasteiger partial charge in [-0.05, 0) is 0 Å². The lowest BCUT2D eigenvalue weighted by Gasteiger charge is -1.72. The van der Waals surface area contributed by atoms with E-state index in [-0.39, 0.29) is 6.42 Å². The highest BCUT2D eigenvalue weighted by Crippen LogP contribution is 1.68. The number of carboxylic acids is 2. The summed E-state index contributed by atoms with van der Waals surface area (Å²) in [4.78, 5) is 18.7. The van der Waals surface area contributed by atoms with Crippen molar-refractivity contribution in [1.29, 1.82) is 0 Å². The third-order valence-corrected chi connectivity index (χ3v) is 0.428. The molecule has 0 saturated carbocycles. The summed E-state index contributed by atoms with van der Waals surface area (Å²) in [5, 5.41) is 15.4. The number of carbonyl (C=O) groups is 2. The highest BCUT2D eigenvalue weighted by Gasteiger charge is 1.84. The highest BCUT2D eigenvalue weighted by molar-refractivity contribution is 5.78. The summed E-state index contributed by atoms with van der Waals surface area (Å²) in [7, 11) is 0. The maximum Gasteiger partial charge on any atom is 0.327 e. The Labute approximate surface area is 64.2 Å². The molecule has 0 aliphatic carbocycles. The SMILES string of the molecule is C#CCC(=O)O.C=CC(=O)O. The molecule has 4 nitrogen and oxygen atoms in total. The maximum atomic E-state index is 9.46. The van der Waals surface area contributed by atoms with Crippen LogP contribution in [0.1, 0.15) is 6.42 Å². The number of rotatable bonds is 2. The molecule has 0 saturated heterocycles. The van der Waals surface area contributed by atoms with Gasteiger partial charge in [-0.3, -0.25) is 4.79 Å². The van der Waals surface area contributed by atoms with Gasteiger partial charge in [0, 0.05) is 6.08 Å². The topological polar surface area (TPSA) is 74.6 Å². The fourth-order valence-corrected chi connectivity index (χ4v) is 0.0873. The lowest BCUT2D eigenvalue weighted by atomic mass is 10.5. The predicted molar refractivity (Wildman–Crippen MR) is 38.9 cm³/mol. The van der Waals surface area contributed by atoms with Crippen LogP contribution in [0.5, 0.6) is 0 Å². The van der Waals surface area contributed by atoms with Crippen molar-refractivity contribution in [3.63, 3.8) is 0 Å². The minimum atomic E-state index is -0.981. The molecule has 2 N–H and O–H groups in total. The lowest BCUT2D eigenvalue weighted by molar-refractivity contribution is -0.136. The third kappa shape index (κ3) is 30.6. The van der Waals surface area contributed by atoms with Gasteiger partial charge in [-0.1, -0.05) is 12.5 Å². The van der Waals surface area contributed by atoms with E-state index in [1.54, 1.807) is 0 Å². The molecule has 0 rings (SSSR count). The van der Waals surface area contributed by atoms with Crippen molar-refractivity contribution in [1.82, 2.24) is 0 Å². The van der Waals surface area contributed by atoms with E-state index >= 15 is 0 Å². The Hall–Kier alpha value is -1.76. The lowest BCUT2D eigenvalue weighted by Crippen LogP contribution is -1.88. The zero-order valence-electron chi connectivity index (χ0n) is 5.78. The van der Waals surface area contributed by atoms with Crippen LogP contribution in [0.25, 0.3) is 0 Å². The number of aliphatic carboxylic acids is 2. The van der Waals surface area contributed by atoms with Crippen LogP contribution in [-0.4, -0.2) is 22.2 Å². The normalized spacial score (nSPS) is 6.45. The standard InChI is InChI=1S/C4H4O2.C3H4O2/c1-2-3-4(5)6;1-2-3(4)5/h1H,3H2,(H,5,6);2H,1H2,(H,4,5). The zero-order valence-corrected chi connectivity index (χ0v) is 5.78. The average molecular weight is 156 g/mol. The molecule has 4 heteroatoms. The Bertz CT molecular complexity index is 187. The van der Waals surface area contributed by atoms with E-state index in [2.05, 4.69) is 13.0 Å². The fourth-order valence-electron chi connectivity index (χ4n) is 0.0873. The molecule has 0 aromatic carbocycles. The Morgan fingerprint density at radius 2 is 1.91 bits per heavy atom. The van der Waals surface area contributed by atoms with E-state index in [9.17, 15) is 9.59 Å². The smallest absolute Gasteiger partial charge is 0.327 e. The molecular formula is C7H8O4. The number of hydrogen-bond donors (Lipinski definition) is 2. The van der Waals surface area contributed by atoms with Gasteiger partial charge in [-0.25, -0.2) is 4.79 Å². The second-order valence-electron chi connectivity index (χ2n) is 1.32. The third-order valence-electron chi connectivity index (χ3n) is 0.428. The molecule has 0 aliphatic heterocycles. The molecule has 0 aliphatic rings. The van der Waals surface area contributed by atoms with Gasteiger partial charge in [0.25, 0.3) is 0 Å². The molecule has 0 bridgehead atoms. The molecule has 0 atom stereocenters. The Morgan fingerprint density at radius 3 is 1.91 bits per heavy atom. The summed E-state index contributed by atoms with van der Waals surface area (Å²) in [6.45, 7) is 2.96. The summed E-state index contributed by atoms with van der Waals surface area (Å²) >= 11 is 0. The van der Waals surface area contributed by atoms with Crippen LogP contribution in [0.4, 0.5) is 0 Å². The summed E-state index contributed by atoms with van der Waals surface area (Å²) in [5.41, 5.74) is 0. The van der Waals surface area contributed by atoms with Gasteiger partial charge in [0.2, 0.25) is 0 Å². The largest absolute Gasteiger partial charge is 0.481 e. The molecule has 0 spiro atoms. The predicted octanol–water partition coefficient (Wildman–Crippen LogP) is 0.351. The molecular weight excluding hydrogens is 148 g/mol. The molecule has 0 aromatic heterocycles. The van der Waals surface area contributed by atoms with Crippen LogP contribution in [0, 0.1) is 12.3 Å². The molecule has 0 heterocycles. The van der Waals surface area contributed by atoms with Crippen LogP contribution in [0.15, 0.2) is 12.7 Å². The minimum Gasteiger partial charge on any atom is -0.481 e. The van der Waals surface area contributed by atoms with Gasteiger partial charge in [0.1, 0.15) is 6.42 Å². The molecule has 11 heavy (non-hydrogen) atoms.